The first-order valence-corrected chi connectivity index (χ1v) is 5.19. The predicted molar refractivity (Wildman–Crippen MR) is 53.3 cm³/mol. The van der Waals surface area contributed by atoms with Gasteiger partial charge in [-0.3, -0.25) is 0 Å². The third-order valence-corrected chi connectivity index (χ3v) is 2.45. The van der Waals surface area contributed by atoms with E-state index >= 15 is 0 Å². The molecule has 0 fully saturated rings. The third-order valence-electron chi connectivity index (χ3n) is 2.07. The van der Waals surface area contributed by atoms with E-state index in [0.29, 0.717) is 0 Å². The molecule has 68 valence electrons. The lowest BCUT2D eigenvalue weighted by atomic mass is 9.98. The lowest BCUT2D eigenvalue weighted by Gasteiger charge is -2.20. The van der Waals surface area contributed by atoms with Crippen LogP contribution in [0, 0.1) is 0 Å². The molecule has 0 aliphatic carbocycles. The quantitative estimate of drug-likeness (QED) is 0.417. The van der Waals surface area contributed by atoms with E-state index in [9.17, 15) is 0 Å². The lowest BCUT2D eigenvalue weighted by molar-refractivity contribution is 0.493. The van der Waals surface area contributed by atoms with Crippen LogP contribution < -0.4 is 0 Å². The molecule has 0 aliphatic heterocycles. The maximum Gasteiger partial charge on any atom is 0.0418 e. The van der Waals surface area contributed by atoms with Crippen molar-refractivity contribution in [1.29, 1.82) is 0 Å². The molecule has 1 atom stereocenters. The monoisotopic (exact) mass is 176 g/mol. The molecule has 0 aromatic rings. The highest BCUT2D eigenvalue weighted by Crippen LogP contribution is 2.27. The van der Waals surface area contributed by atoms with Gasteiger partial charge in [0.05, 0.1) is 0 Å². The summed E-state index contributed by atoms with van der Waals surface area (Å²) < 4.78 is 0. The van der Waals surface area contributed by atoms with Crippen LogP contribution in [-0.2, 0) is 0 Å². The minimum absolute atomic E-state index is 0.0733. The van der Waals surface area contributed by atoms with Gasteiger partial charge in [-0.25, -0.2) is 0 Å². The fraction of sp³-hybridized carbons (Fsp3) is 1.00. The molecule has 11 heavy (non-hydrogen) atoms. The zero-order valence-corrected chi connectivity index (χ0v) is 8.88. The van der Waals surface area contributed by atoms with Crippen molar-refractivity contribution < 1.29 is 0 Å². The molecule has 0 saturated carbocycles. The highest BCUT2D eigenvalue weighted by Gasteiger charge is 2.17. The first-order valence-electron chi connectivity index (χ1n) is 4.81. The first kappa shape index (κ1) is 11.3. The third kappa shape index (κ3) is 6.68. The van der Waals surface area contributed by atoms with Crippen molar-refractivity contribution in [2.24, 2.45) is 0 Å². The molecule has 0 amide bonds. The van der Waals surface area contributed by atoms with E-state index in [4.69, 9.17) is 11.6 Å². The summed E-state index contributed by atoms with van der Waals surface area (Å²) in [4.78, 5) is 0.0733. The van der Waals surface area contributed by atoms with Crippen LogP contribution in [0.3, 0.4) is 0 Å². The summed E-state index contributed by atoms with van der Waals surface area (Å²) in [6, 6.07) is 0. The SMILES string of the molecule is CCCCCC(C)(Cl)CCC. The predicted octanol–water partition coefficient (Wildman–Crippen LogP) is 4.36. The molecule has 0 aromatic heterocycles. The second-order valence-corrected chi connectivity index (χ2v) is 4.53. The summed E-state index contributed by atoms with van der Waals surface area (Å²) in [6.07, 6.45) is 7.43. The van der Waals surface area contributed by atoms with Crippen molar-refractivity contribution in [2.45, 2.75) is 64.2 Å². The van der Waals surface area contributed by atoms with Crippen LogP contribution in [0.25, 0.3) is 0 Å². The normalized spacial score (nSPS) is 16.4. The Balaban J connectivity index is 3.38. The Morgan fingerprint density at radius 3 is 2.09 bits per heavy atom. The molecular formula is C10H21Cl. The molecule has 1 heteroatoms. The van der Waals surface area contributed by atoms with Crippen molar-refractivity contribution in [3.63, 3.8) is 0 Å². The van der Waals surface area contributed by atoms with Gasteiger partial charge in [0.25, 0.3) is 0 Å². The summed E-state index contributed by atoms with van der Waals surface area (Å²) in [7, 11) is 0. The average Bonchev–Trinajstić information content (AvgIpc) is 1.87. The Labute approximate surface area is 76.3 Å². The van der Waals surface area contributed by atoms with Gasteiger partial charge >= 0.3 is 0 Å². The minimum atomic E-state index is 0.0733. The number of rotatable bonds is 6. The van der Waals surface area contributed by atoms with Crippen molar-refractivity contribution in [3.8, 4) is 0 Å². The molecule has 0 N–H and O–H groups in total. The molecule has 0 saturated heterocycles. The van der Waals surface area contributed by atoms with Gasteiger partial charge in [0.15, 0.2) is 0 Å². The van der Waals surface area contributed by atoms with E-state index in [2.05, 4.69) is 20.8 Å². The maximum absolute atomic E-state index is 6.27. The molecule has 0 aromatic carbocycles. The van der Waals surface area contributed by atoms with Crippen LogP contribution in [0.5, 0.6) is 0 Å². The highest BCUT2D eigenvalue weighted by atomic mass is 35.5. The summed E-state index contributed by atoms with van der Waals surface area (Å²) in [5.41, 5.74) is 0. The van der Waals surface area contributed by atoms with E-state index < -0.39 is 0 Å². The van der Waals surface area contributed by atoms with Crippen LogP contribution in [0.4, 0.5) is 0 Å². The number of hydrogen-bond donors (Lipinski definition) is 0. The van der Waals surface area contributed by atoms with Crippen LogP contribution >= 0.6 is 11.6 Å². The van der Waals surface area contributed by atoms with Crippen LogP contribution in [0.15, 0.2) is 0 Å². The van der Waals surface area contributed by atoms with Gasteiger partial charge in [-0.2, -0.15) is 0 Å². The molecule has 0 aliphatic rings. The number of unbranched alkanes of at least 4 members (excludes halogenated alkanes) is 2. The number of hydrogen-bond acceptors (Lipinski definition) is 0. The van der Waals surface area contributed by atoms with E-state index in [1.54, 1.807) is 0 Å². The average molecular weight is 177 g/mol. The van der Waals surface area contributed by atoms with E-state index in [-0.39, 0.29) is 4.87 Å². The second kappa shape index (κ2) is 5.88. The van der Waals surface area contributed by atoms with Crippen LogP contribution in [0.1, 0.15) is 59.3 Å². The van der Waals surface area contributed by atoms with Crippen molar-refractivity contribution in [2.75, 3.05) is 0 Å². The molecule has 0 radical (unpaired) electrons. The van der Waals surface area contributed by atoms with Crippen molar-refractivity contribution in [1.82, 2.24) is 0 Å². The summed E-state index contributed by atoms with van der Waals surface area (Å²) in [5.74, 6) is 0. The molecule has 0 spiro atoms. The Bertz CT molecular complexity index is 86.9. The maximum atomic E-state index is 6.27. The molecule has 1 unspecified atom stereocenters. The Hall–Kier alpha value is 0.290. The largest absolute Gasteiger partial charge is 0.120 e. The minimum Gasteiger partial charge on any atom is -0.120 e. The fourth-order valence-corrected chi connectivity index (χ4v) is 1.71. The Morgan fingerprint density at radius 1 is 1.00 bits per heavy atom. The molecule has 0 bridgehead atoms. The zero-order valence-electron chi connectivity index (χ0n) is 8.12. The first-order chi connectivity index (χ1) is 5.12. The Morgan fingerprint density at radius 2 is 1.64 bits per heavy atom. The number of halogens is 1. The number of alkyl halides is 1. The molecule has 0 rings (SSSR count). The van der Waals surface area contributed by atoms with Gasteiger partial charge in [-0.05, 0) is 19.8 Å². The highest BCUT2D eigenvalue weighted by molar-refractivity contribution is 6.23. The van der Waals surface area contributed by atoms with E-state index in [1.165, 1.54) is 32.1 Å². The second-order valence-electron chi connectivity index (χ2n) is 3.62. The zero-order chi connectivity index (χ0) is 8.74. The van der Waals surface area contributed by atoms with Gasteiger partial charge in [0, 0.05) is 4.87 Å². The molecular weight excluding hydrogens is 156 g/mol. The van der Waals surface area contributed by atoms with Crippen molar-refractivity contribution >= 4 is 11.6 Å². The van der Waals surface area contributed by atoms with E-state index in [1.807, 2.05) is 0 Å². The lowest BCUT2D eigenvalue weighted by Crippen LogP contribution is -2.15. The van der Waals surface area contributed by atoms with Gasteiger partial charge in [-0.1, -0.05) is 39.5 Å². The summed E-state index contributed by atoms with van der Waals surface area (Å²) in [6.45, 7) is 6.58. The van der Waals surface area contributed by atoms with Crippen LogP contribution in [-0.4, -0.2) is 4.87 Å². The summed E-state index contributed by atoms with van der Waals surface area (Å²) in [5, 5.41) is 0. The van der Waals surface area contributed by atoms with Gasteiger partial charge in [0.2, 0.25) is 0 Å². The smallest absolute Gasteiger partial charge is 0.0418 e. The van der Waals surface area contributed by atoms with Gasteiger partial charge in [0.1, 0.15) is 0 Å². The molecule has 0 heterocycles. The van der Waals surface area contributed by atoms with E-state index in [0.717, 1.165) is 6.42 Å². The van der Waals surface area contributed by atoms with Crippen LogP contribution in [0.2, 0.25) is 0 Å². The standard InChI is InChI=1S/C10H21Cl/c1-4-6-7-9-10(3,11)8-5-2/h4-9H2,1-3H3. The van der Waals surface area contributed by atoms with Crippen molar-refractivity contribution in [3.05, 3.63) is 0 Å². The Kier molecular flexibility index (Phi) is 6.03. The fourth-order valence-electron chi connectivity index (χ4n) is 1.39. The summed E-state index contributed by atoms with van der Waals surface area (Å²) >= 11 is 6.27. The van der Waals surface area contributed by atoms with Gasteiger partial charge < -0.3 is 0 Å². The molecule has 0 nitrogen and oxygen atoms in total. The topological polar surface area (TPSA) is 0 Å². The van der Waals surface area contributed by atoms with Gasteiger partial charge in [-0.15, -0.1) is 11.6 Å².